The van der Waals surface area contributed by atoms with E-state index in [2.05, 4.69) is 140 Å². The van der Waals surface area contributed by atoms with Gasteiger partial charge in [-0.3, -0.25) is 0 Å². The Morgan fingerprint density at radius 1 is 0.583 bits per heavy atom. The Morgan fingerprint density at radius 2 is 1.19 bits per heavy atom. The summed E-state index contributed by atoms with van der Waals surface area (Å²) >= 11 is 0. The Hall–Kier alpha value is -3.90. The summed E-state index contributed by atoms with van der Waals surface area (Å²) in [5, 5.41) is 0. The Morgan fingerprint density at radius 3 is 1.83 bits per heavy atom. The largest absolute Gasteiger partial charge is 0.0725 e. The monoisotopic (exact) mass is 464 g/mol. The van der Waals surface area contributed by atoms with E-state index in [0.29, 0.717) is 17.8 Å². The highest BCUT2D eigenvalue weighted by molar-refractivity contribution is 5.85. The predicted octanol–water partition coefficient (Wildman–Crippen LogP) is 9.24. The van der Waals surface area contributed by atoms with Crippen molar-refractivity contribution in [1.82, 2.24) is 0 Å². The van der Waals surface area contributed by atoms with E-state index in [1.807, 2.05) is 0 Å². The van der Waals surface area contributed by atoms with Gasteiger partial charge in [0.2, 0.25) is 0 Å². The molecular formula is C36H32. The zero-order valence-corrected chi connectivity index (χ0v) is 20.8. The van der Waals surface area contributed by atoms with Crippen LogP contribution in [0.15, 0.2) is 139 Å². The fourth-order valence-corrected chi connectivity index (χ4v) is 5.92. The first-order valence-corrected chi connectivity index (χ1v) is 13.2. The van der Waals surface area contributed by atoms with Crippen molar-refractivity contribution in [3.05, 3.63) is 167 Å². The Labute approximate surface area is 215 Å². The maximum absolute atomic E-state index is 2.54. The van der Waals surface area contributed by atoms with Gasteiger partial charge in [0.15, 0.2) is 0 Å². The van der Waals surface area contributed by atoms with E-state index in [9.17, 15) is 0 Å². The molecule has 3 unspecified atom stereocenters. The minimum atomic E-state index is 0.306. The summed E-state index contributed by atoms with van der Waals surface area (Å²) in [5.41, 5.74) is 11.2. The van der Waals surface area contributed by atoms with Crippen molar-refractivity contribution in [2.45, 2.75) is 31.6 Å². The van der Waals surface area contributed by atoms with Crippen molar-refractivity contribution in [2.75, 3.05) is 0 Å². The molecule has 2 aliphatic carbocycles. The number of rotatable bonds is 6. The second-order valence-corrected chi connectivity index (χ2v) is 9.99. The van der Waals surface area contributed by atoms with Crippen LogP contribution in [0.3, 0.4) is 0 Å². The van der Waals surface area contributed by atoms with Crippen LogP contribution in [0.5, 0.6) is 0 Å². The molecule has 4 aromatic rings. The second kappa shape index (κ2) is 9.99. The van der Waals surface area contributed by atoms with Crippen LogP contribution in [0, 0.1) is 5.92 Å². The number of hydrogen-bond acceptors (Lipinski definition) is 0. The van der Waals surface area contributed by atoms with Crippen LogP contribution in [0.2, 0.25) is 0 Å². The van der Waals surface area contributed by atoms with Gasteiger partial charge in [-0.2, -0.15) is 0 Å². The average Bonchev–Trinajstić information content (AvgIpc) is 3.60. The highest BCUT2D eigenvalue weighted by Gasteiger charge is 2.36. The third-order valence-corrected chi connectivity index (χ3v) is 7.86. The first-order valence-electron chi connectivity index (χ1n) is 13.2. The molecule has 2 aliphatic rings. The molecule has 0 aromatic heterocycles. The zero-order chi connectivity index (χ0) is 24.3. The van der Waals surface area contributed by atoms with Crippen LogP contribution < -0.4 is 0 Å². The van der Waals surface area contributed by atoms with E-state index >= 15 is 0 Å². The van der Waals surface area contributed by atoms with E-state index in [1.54, 1.807) is 0 Å². The second-order valence-electron chi connectivity index (χ2n) is 9.99. The van der Waals surface area contributed by atoms with E-state index in [1.165, 1.54) is 44.5 Å². The lowest BCUT2D eigenvalue weighted by atomic mass is 9.79. The van der Waals surface area contributed by atoms with E-state index < -0.39 is 0 Å². The SMILES string of the molecule is CCc1ccc(C2=CC(c3ccccc3)C(C3=CC(c4ccccc4)C=C3c3ccccc3)C2)cc1. The van der Waals surface area contributed by atoms with E-state index in [0.717, 1.165) is 12.8 Å². The zero-order valence-electron chi connectivity index (χ0n) is 20.8. The molecule has 0 spiro atoms. The summed E-state index contributed by atoms with van der Waals surface area (Å²) in [7, 11) is 0. The van der Waals surface area contributed by atoms with Crippen LogP contribution >= 0.6 is 0 Å². The van der Waals surface area contributed by atoms with Gasteiger partial charge in [-0.15, -0.1) is 0 Å². The fraction of sp³-hybridized carbons (Fsp3) is 0.167. The average molecular weight is 465 g/mol. The number of allylic oxidation sites excluding steroid dienone is 6. The lowest BCUT2D eigenvalue weighted by Crippen LogP contribution is -2.10. The van der Waals surface area contributed by atoms with Crippen LogP contribution in [-0.2, 0) is 6.42 Å². The van der Waals surface area contributed by atoms with Crippen LogP contribution in [-0.4, -0.2) is 0 Å². The summed E-state index contributed by atoms with van der Waals surface area (Å²) in [6, 6.07) is 42.2. The van der Waals surface area contributed by atoms with Gasteiger partial charge in [0.1, 0.15) is 0 Å². The van der Waals surface area contributed by atoms with Gasteiger partial charge in [0.25, 0.3) is 0 Å². The maximum atomic E-state index is 2.54. The standard InChI is InChI=1S/C36H32/c1-2-26-18-20-28(21-19-26)32-23-34(30-16-10-5-11-17-30)36(25-32)35-24-31(27-12-6-3-7-13-27)22-33(35)29-14-8-4-9-15-29/h3-24,31,34,36H,2,25H2,1H3. The normalized spacial score (nSPS) is 21.1. The molecule has 0 N–H and O–H groups in total. The molecule has 4 aromatic carbocycles. The van der Waals surface area contributed by atoms with Gasteiger partial charge in [0, 0.05) is 11.8 Å². The lowest BCUT2D eigenvalue weighted by Gasteiger charge is -2.24. The van der Waals surface area contributed by atoms with Crippen LogP contribution in [0.25, 0.3) is 11.1 Å². The molecule has 6 rings (SSSR count). The summed E-state index contributed by atoms with van der Waals surface area (Å²) in [6.07, 6.45) is 9.70. The predicted molar refractivity (Wildman–Crippen MR) is 153 cm³/mol. The summed E-state index contributed by atoms with van der Waals surface area (Å²) in [5.74, 6) is 1.08. The topological polar surface area (TPSA) is 0 Å². The van der Waals surface area contributed by atoms with E-state index in [4.69, 9.17) is 0 Å². The fourth-order valence-electron chi connectivity index (χ4n) is 5.92. The molecule has 36 heavy (non-hydrogen) atoms. The molecule has 0 fully saturated rings. The molecular weight excluding hydrogens is 432 g/mol. The van der Waals surface area contributed by atoms with Crippen molar-refractivity contribution in [3.63, 3.8) is 0 Å². The molecule has 0 bridgehead atoms. The first-order chi connectivity index (χ1) is 17.8. The van der Waals surface area contributed by atoms with Crippen LogP contribution in [0.1, 0.15) is 53.0 Å². The molecule has 0 heterocycles. The molecule has 176 valence electrons. The summed E-state index contributed by atoms with van der Waals surface area (Å²) in [6.45, 7) is 2.22. The molecule has 0 heteroatoms. The molecule has 0 amide bonds. The van der Waals surface area contributed by atoms with Crippen molar-refractivity contribution >= 4 is 11.1 Å². The van der Waals surface area contributed by atoms with Gasteiger partial charge >= 0.3 is 0 Å². The smallest absolute Gasteiger partial charge is 0.0213 e. The molecule has 0 saturated heterocycles. The summed E-state index contributed by atoms with van der Waals surface area (Å²) < 4.78 is 0. The maximum Gasteiger partial charge on any atom is 0.0213 e. The Kier molecular flexibility index (Phi) is 6.26. The third kappa shape index (κ3) is 4.40. The van der Waals surface area contributed by atoms with Crippen molar-refractivity contribution in [2.24, 2.45) is 5.92 Å². The minimum Gasteiger partial charge on any atom is -0.0725 e. The Balaban J connectivity index is 1.43. The lowest BCUT2D eigenvalue weighted by molar-refractivity contribution is 0.611. The number of aryl methyl sites for hydroxylation is 1. The highest BCUT2D eigenvalue weighted by Crippen LogP contribution is 2.51. The molecule has 0 nitrogen and oxygen atoms in total. The van der Waals surface area contributed by atoms with Crippen LogP contribution in [0.4, 0.5) is 0 Å². The van der Waals surface area contributed by atoms with E-state index in [-0.39, 0.29) is 0 Å². The Bertz CT molecular complexity index is 1400. The number of hydrogen-bond donors (Lipinski definition) is 0. The highest BCUT2D eigenvalue weighted by atomic mass is 14.4. The minimum absolute atomic E-state index is 0.306. The van der Waals surface area contributed by atoms with Crippen molar-refractivity contribution in [1.29, 1.82) is 0 Å². The van der Waals surface area contributed by atoms with Gasteiger partial charge in [0.05, 0.1) is 0 Å². The summed E-state index contributed by atoms with van der Waals surface area (Å²) in [4.78, 5) is 0. The first kappa shape index (κ1) is 22.6. The van der Waals surface area contributed by atoms with Gasteiger partial charge in [-0.1, -0.05) is 140 Å². The van der Waals surface area contributed by atoms with Crippen molar-refractivity contribution < 1.29 is 0 Å². The quantitative estimate of drug-likeness (QED) is 0.267. The van der Waals surface area contributed by atoms with Crippen molar-refractivity contribution in [3.8, 4) is 0 Å². The third-order valence-electron chi connectivity index (χ3n) is 7.86. The molecule has 3 atom stereocenters. The van der Waals surface area contributed by atoms with Gasteiger partial charge in [-0.25, -0.2) is 0 Å². The number of benzene rings is 4. The van der Waals surface area contributed by atoms with Gasteiger partial charge in [-0.05, 0) is 63.3 Å². The molecule has 0 saturated carbocycles. The molecule has 0 radical (unpaired) electrons. The van der Waals surface area contributed by atoms with Gasteiger partial charge < -0.3 is 0 Å². The molecule has 0 aliphatic heterocycles.